The third-order valence-corrected chi connectivity index (χ3v) is 4.89. The lowest BCUT2D eigenvalue weighted by atomic mass is 9.81. The Morgan fingerprint density at radius 2 is 1.89 bits per heavy atom. The summed E-state index contributed by atoms with van der Waals surface area (Å²) in [7, 11) is 0. The van der Waals surface area contributed by atoms with Gasteiger partial charge in [-0.1, -0.05) is 60.2 Å². The van der Waals surface area contributed by atoms with Crippen molar-refractivity contribution in [2.24, 2.45) is 4.99 Å². The molecule has 0 radical (unpaired) electrons. The van der Waals surface area contributed by atoms with Crippen LogP contribution in [0.4, 0.5) is 0 Å². The number of nitrogens with zero attached hydrogens (tertiary/aromatic N) is 2. The van der Waals surface area contributed by atoms with Crippen LogP contribution in [0.1, 0.15) is 29.5 Å². The smallest absolute Gasteiger partial charge is 0.236 e. The molecule has 3 aromatic rings. The van der Waals surface area contributed by atoms with Gasteiger partial charge in [0, 0.05) is 5.56 Å². The second-order valence-corrected chi connectivity index (χ2v) is 6.66. The van der Waals surface area contributed by atoms with Crippen LogP contribution in [-0.4, -0.2) is 13.0 Å². The molecule has 0 fully saturated rings. The number of aryl methyl sites for hydroxylation is 1. The van der Waals surface area contributed by atoms with E-state index in [1.807, 2.05) is 31.2 Å². The first-order valence-electron chi connectivity index (χ1n) is 9.27. The molecule has 1 aliphatic heterocycles. The molecule has 28 heavy (non-hydrogen) atoms. The number of rotatable bonds is 4. The molecule has 0 unspecified atom stereocenters. The predicted molar refractivity (Wildman–Crippen MR) is 110 cm³/mol. The topological polar surface area (TPSA) is 54.6 Å². The second kappa shape index (κ2) is 7.58. The number of hydrogen-bond acceptors (Lipinski definition) is 4. The summed E-state index contributed by atoms with van der Waals surface area (Å²) in [6.07, 6.45) is 1.34. The van der Waals surface area contributed by atoms with Gasteiger partial charge in [0.15, 0.2) is 6.40 Å². The van der Waals surface area contributed by atoms with Crippen molar-refractivity contribution in [3.63, 3.8) is 0 Å². The average Bonchev–Trinajstić information content (AvgIpc) is 2.73. The van der Waals surface area contributed by atoms with E-state index in [1.165, 1.54) is 12.0 Å². The van der Waals surface area contributed by atoms with Crippen molar-refractivity contribution in [2.45, 2.75) is 19.8 Å². The molecule has 1 heterocycles. The van der Waals surface area contributed by atoms with Crippen LogP contribution < -0.4 is 4.74 Å². The second-order valence-electron chi connectivity index (χ2n) is 6.66. The van der Waals surface area contributed by atoms with Gasteiger partial charge in [-0.15, -0.1) is 0 Å². The number of ether oxygens (including phenoxy) is 2. The minimum Gasteiger partial charge on any atom is -0.483 e. The summed E-state index contributed by atoms with van der Waals surface area (Å²) in [5, 5.41) is 12.2. The van der Waals surface area contributed by atoms with Crippen LogP contribution >= 0.6 is 0 Å². The van der Waals surface area contributed by atoms with Gasteiger partial charge in [0.1, 0.15) is 17.4 Å². The van der Waals surface area contributed by atoms with E-state index in [4.69, 9.17) is 9.47 Å². The summed E-state index contributed by atoms with van der Waals surface area (Å²) < 4.78 is 11.3. The van der Waals surface area contributed by atoms with Gasteiger partial charge in [-0.05, 0) is 36.2 Å². The van der Waals surface area contributed by atoms with Crippen LogP contribution in [0.25, 0.3) is 10.8 Å². The largest absolute Gasteiger partial charge is 0.483 e. The molecule has 0 amide bonds. The van der Waals surface area contributed by atoms with Crippen molar-refractivity contribution in [3.05, 3.63) is 88.8 Å². The van der Waals surface area contributed by atoms with Crippen LogP contribution in [-0.2, 0) is 4.74 Å². The summed E-state index contributed by atoms with van der Waals surface area (Å²) in [6, 6.07) is 22.7. The van der Waals surface area contributed by atoms with Crippen LogP contribution in [0, 0.1) is 18.3 Å². The normalized spacial score (nSPS) is 16.0. The summed E-state index contributed by atoms with van der Waals surface area (Å²) in [5.41, 5.74) is 3.68. The van der Waals surface area contributed by atoms with Crippen molar-refractivity contribution >= 4 is 17.2 Å². The van der Waals surface area contributed by atoms with Crippen molar-refractivity contribution in [3.8, 4) is 11.8 Å². The van der Waals surface area contributed by atoms with Gasteiger partial charge in [0.2, 0.25) is 5.88 Å². The van der Waals surface area contributed by atoms with Crippen molar-refractivity contribution in [1.82, 2.24) is 0 Å². The number of benzene rings is 3. The molecule has 4 rings (SSSR count). The van der Waals surface area contributed by atoms with Crippen LogP contribution in [0.15, 0.2) is 77.1 Å². The van der Waals surface area contributed by atoms with Gasteiger partial charge in [0.25, 0.3) is 0 Å². The molecule has 0 spiro atoms. The zero-order chi connectivity index (χ0) is 19.5. The fourth-order valence-electron chi connectivity index (χ4n) is 3.55. The highest BCUT2D eigenvalue weighted by Gasteiger charge is 2.33. The maximum absolute atomic E-state index is 10.00. The lowest BCUT2D eigenvalue weighted by Crippen LogP contribution is -2.16. The molecule has 3 aromatic carbocycles. The number of aliphatic imine (C=N–C) groups is 1. The first kappa shape index (κ1) is 17.8. The van der Waals surface area contributed by atoms with Gasteiger partial charge in [-0.3, -0.25) is 0 Å². The van der Waals surface area contributed by atoms with E-state index in [1.54, 1.807) is 0 Å². The van der Waals surface area contributed by atoms with Crippen molar-refractivity contribution < 1.29 is 9.47 Å². The third kappa shape index (κ3) is 3.12. The van der Waals surface area contributed by atoms with Crippen molar-refractivity contribution in [2.75, 3.05) is 6.61 Å². The minimum atomic E-state index is -0.255. The van der Waals surface area contributed by atoms with E-state index < -0.39 is 0 Å². The molecule has 0 bridgehead atoms. The quantitative estimate of drug-likeness (QED) is 0.453. The Kier molecular flexibility index (Phi) is 4.82. The highest BCUT2D eigenvalue weighted by Crippen LogP contribution is 2.46. The summed E-state index contributed by atoms with van der Waals surface area (Å²) in [4.78, 5) is 4.29. The molecule has 0 N–H and O–H groups in total. The Hall–Kier alpha value is -3.58. The first-order valence-corrected chi connectivity index (χ1v) is 9.27. The van der Waals surface area contributed by atoms with Crippen LogP contribution in [0.2, 0.25) is 0 Å². The third-order valence-electron chi connectivity index (χ3n) is 4.89. The molecule has 0 aromatic heterocycles. The molecule has 4 nitrogen and oxygen atoms in total. The maximum atomic E-state index is 10.00. The molecule has 0 saturated carbocycles. The highest BCUT2D eigenvalue weighted by molar-refractivity contribution is 5.90. The zero-order valence-electron chi connectivity index (χ0n) is 15.8. The standard InChI is InChI=1S/C24H20N2O2/c1-3-27-15-26-24-20(14-25)22(18-10-8-16(2)9-11-18)23-19-7-5-4-6-17(19)12-13-21(23)28-24/h4-13,15,22H,3H2,1-2H3/t22-/m1/s1. The molecule has 4 heteroatoms. The lowest BCUT2D eigenvalue weighted by molar-refractivity contribution is 0.336. The van der Waals surface area contributed by atoms with Gasteiger partial charge >= 0.3 is 0 Å². The fraction of sp³-hybridized carbons (Fsp3) is 0.167. The first-order chi connectivity index (χ1) is 13.7. The van der Waals surface area contributed by atoms with Gasteiger partial charge in [0.05, 0.1) is 12.5 Å². The Labute approximate surface area is 164 Å². The number of nitriles is 1. The Morgan fingerprint density at radius 1 is 1.11 bits per heavy atom. The summed E-state index contributed by atoms with van der Waals surface area (Å²) >= 11 is 0. The monoisotopic (exact) mass is 368 g/mol. The molecular weight excluding hydrogens is 348 g/mol. The lowest BCUT2D eigenvalue weighted by Gasteiger charge is -2.27. The molecule has 0 aliphatic carbocycles. The molecule has 1 atom stereocenters. The van der Waals surface area contributed by atoms with E-state index in [0.717, 1.165) is 21.9 Å². The van der Waals surface area contributed by atoms with E-state index >= 15 is 0 Å². The predicted octanol–water partition coefficient (Wildman–Crippen LogP) is 5.47. The van der Waals surface area contributed by atoms with E-state index in [0.29, 0.717) is 17.9 Å². The van der Waals surface area contributed by atoms with Gasteiger partial charge < -0.3 is 9.47 Å². The number of fused-ring (bicyclic) bond motifs is 3. The maximum Gasteiger partial charge on any atom is 0.236 e. The number of allylic oxidation sites excluding steroid dienone is 1. The number of hydrogen-bond donors (Lipinski definition) is 0. The average molecular weight is 368 g/mol. The Morgan fingerprint density at radius 3 is 2.64 bits per heavy atom. The Balaban J connectivity index is 1.98. The highest BCUT2D eigenvalue weighted by atomic mass is 16.5. The Bertz CT molecular complexity index is 1120. The van der Waals surface area contributed by atoms with E-state index in [9.17, 15) is 5.26 Å². The molecule has 0 saturated heterocycles. The molecule has 1 aliphatic rings. The SMILES string of the molecule is CCOC=NC1=C(C#N)[C@@H](c2ccc(C)cc2)c2c(ccc3ccccc23)O1. The van der Waals surface area contributed by atoms with Crippen molar-refractivity contribution in [1.29, 1.82) is 5.26 Å². The van der Waals surface area contributed by atoms with Gasteiger partial charge in [-0.25, -0.2) is 0 Å². The summed E-state index contributed by atoms with van der Waals surface area (Å²) in [5.74, 6) is 0.741. The molecular formula is C24H20N2O2. The van der Waals surface area contributed by atoms with E-state index in [2.05, 4.69) is 54.4 Å². The van der Waals surface area contributed by atoms with Gasteiger partial charge in [-0.2, -0.15) is 10.3 Å². The van der Waals surface area contributed by atoms with Crippen LogP contribution in [0.3, 0.4) is 0 Å². The summed E-state index contributed by atoms with van der Waals surface area (Å²) in [6.45, 7) is 4.43. The fourth-order valence-corrected chi connectivity index (χ4v) is 3.55. The molecule has 138 valence electrons. The zero-order valence-corrected chi connectivity index (χ0v) is 15.8. The van der Waals surface area contributed by atoms with Crippen LogP contribution in [0.5, 0.6) is 5.75 Å². The van der Waals surface area contributed by atoms with E-state index in [-0.39, 0.29) is 11.8 Å². The minimum absolute atomic E-state index is 0.255.